The summed E-state index contributed by atoms with van der Waals surface area (Å²) in [5, 5.41) is 2.92. The molecule has 0 aromatic heterocycles. The lowest BCUT2D eigenvalue weighted by molar-refractivity contribution is -0.136. The number of rotatable bonds is 7. The Bertz CT molecular complexity index is 500. The van der Waals surface area contributed by atoms with E-state index in [9.17, 15) is 4.79 Å². The number of ether oxygens (including phenoxy) is 2. The average Bonchev–Trinajstić information content (AvgIpc) is 2.42. The van der Waals surface area contributed by atoms with Gasteiger partial charge in [-0.25, -0.2) is 0 Å². The van der Waals surface area contributed by atoms with Crippen LogP contribution in [0.3, 0.4) is 0 Å². The number of benzene rings is 1. The van der Waals surface area contributed by atoms with E-state index in [0.29, 0.717) is 6.61 Å². The van der Waals surface area contributed by atoms with Gasteiger partial charge in [-0.3, -0.25) is 4.79 Å². The van der Waals surface area contributed by atoms with E-state index in [2.05, 4.69) is 19.2 Å². The summed E-state index contributed by atoms with van der Waals surface area (Å²) < 4.78 is 11.4. The number of aryl methyl sites for hydroxylation is 2. The standard InChI is InChI=1S/C18H29NO3/c1-8-14(5)22-16-12(3)10-15(11-13(16)4)19-17(20)18(6,7)21-9-2/h10-11,14H,8-9H2,1-7H3,(H,19,20)/t14-/m0/s1. The lowest BCUT2D eigenvalue weighted by atomic mass is 10.1. The van der Waals surface area contributed by atoms with Gasteiger partial charge in [-0.1, -0.05) is 6.92 Å². The molecule has 4 nitrogen and oxygen atoms in total. The highest BCUT2D eigenvalue weighted by Crippen LogP contribution is 2.29. The van der Waals surface area contributed by atoms with Crippen LogP contribution in [0, 0.1) is 13.8 Å². The molecule has 0 spiro atoms. The summed E-state index contributed by atoms with van der Waals surface area (Å²) in [4.78, 5) is 12.3. The molecule has 0 fully saturated rings. The molecule has 0 bridgehead atoms. The summed E-state index contributed by atoms with van der Waals surface area (Å²) in [7, 11) is 0. The van der Waals surface area contributed by atoms with Crippen LogP contribution in [0.5, 0.6) is 5.75 Å². The van der Waals surface area contributed by atoms with Gasteiger partial charge in [0.2, 0.25) is 0 Å². The quantitative estimate of drug-likeness (QED) is 0.820. The maximum atomic E-state index is 12.3. The van der Waals surface area contributed by atoms with Crippen LogP contribution in [0.4, 0.5) is 5.69 Å². The van der Waals surface area contributed by atoms with Crippen molar-refractivity contribution < 1.29 is 14.3 Å². The number of nitrogens with one attached hydrogen (secondary N) is 1. The summed E-state index contributed by atoms with van der Waals surface area (Å²) in [5.41, 5.74) is 1.96. The monoisotopic (exact) mass is 307 g/mol. The summed E-state index contributed by atoms with van der Waals surface area (Å²) >= 11 is 0. The van der Waals surface area contributed by atoms with E-state index >= 15 is 0 Å². The topological polar surface area (TPSA) is 47.6 Å². The zero-order chi connectivity index (χ0) is 16.9. The van der Waals surface area contributed by atoms with Crippen LogP contribution in [-0.4, -0.2) is 24.2 Å². The van der Waals surface area contributed by atoms with Crippen molar-refractivity contribution in [1.82, 2.24) is 0 Å². The molecule has 0 radical (unpaired) electrons. The van der Waals surface area contributed by atoms with Gasteiger partial charge in [-0.15, -0.1) is 0 Å². The zero-order valence-electron chi connectivity index (χ0n) is 14.9. The van der Waals surface area contributed by atoms with E-state index in [4.69, 9.17) is 9.47 Å². The van der Waals surface area contributed by atoms with Crippen molar-refractivity contribution in [2.75, 3.05) is 11.9 Å². The molecule has 1 aromatic rings. The Labute approximate surface area is 134 Å². The van der Waals surface area contributed by atoms with Gasteiger partial charge >= 0.3 is 0 Å². The van der Waals surface area contributed by atoms with Crippen LogP contribution in [0.15, 0.2) is 12.1 Å². The maximum Gasteiger partial charge on any atom is 0.256 e. The van der Waals surface area contributed by atoms with Crippen molar-refractivity contribution in [1.29, 1.82) is 0 Å². The van der Waals surface area contributed by atoms with E-state index in [1.54, 1.807) is 13.8 Å². The normalized spacial score (nSPS) is 12.9. The first kappa shape index (κ1) is 18.5. The summed E-state index contributed by atoms with van der Waals surface area (Å²) in [5.74, 6) is 0.750. The SMILES string of the molecule is CCOC(C)(C)C(=O)Nc1cc(C)c(O[C@@H](C)CC)c(C)c1. The number of carbonyl (C=O) groups excluding carboxylic acids is 1. The van der Waals surface area contributed by atoms with Crippen LogP contribution in [-0.2, 0) is 9.53 Å². The molecule has 0 saturated heterocycles. The van der Waals surface area contributed by atoms with Crippen LogP contribution in [0.2, 0.25) is 0 Å². The Kier molecular flexibility index (Phi) is 6.42. The summed E-state index contributed by atoms with van der Waals surface area (Å²) in [6.45, 7) is 14.1. The average molecular weight is 307 g/mol. The third kappa shape index (κ3) is 4.73. The molecule has 0 aliphatic carbocycles. The lowest BCUT2D eigenvalue weighted by Crippen LogP contribution is -2.39. The lowest BCUT2D eigenvalue weighted by Gasteiger charge is -2.24. The second-order valence-electron chi connectivity index (χ2n) is 6.17. The number of anilines is 1. The van der Waals surface area contributed by atoms with Crippen LogP contribution in [0.25, 0.3) is 0 Å². The summed E-state index contributed by atoms with van der Waals surface area (Å²) in [6, 6.07) is 3.87. The number of hydrogen-bond acceptors (Lipinski definition) is 3. The highest BCUT2D eigenvalue weighted by molar-refractivity contribution is 5.97. The van der Waals surface area contributed by atoms with Gasteiger partial charge in [0, 0.05) is 12.3 Å². The van der Waals surface area contributed by atoms with E-state index in [1.165, 1.54) is 0 Å². The molecule has 1 atom stereocenters. The second-order valence-corrected chi connectivity index (χ2v) is 6.17. The minimum absolute atomic E-state index is 0.149. The van der Waals surface area contributed by atoms with Gasteiger partial charge in [0.1, 0.15) is 11.4 Å². The van der Waals surface area contributed by atoms with Crippen molar-refractivity contribution in [2.45, 2.75) is 66.6 Å². The van der Waals surface area contributed by atoms with Gasteiger partial charge in [-0.2, -0.15) is 0 Å². The van der Waals surface area contributed by atoms with Gasteiger partial charge in [0.25, 0.3) is 5.91 Å². The molecular formula is C18H29NO3. The fourth-order valence-electron chi connectivity index (χ4n) is 2.20. The second kappa shape index (κ2) is 7.63. The fourth-order valence-corrected chi connectivity index (χ4v) is 2.20. The third-order valence-corrected chi connectivity index (χ3v) is 3.66. The molecule has 1 N–H and O–H groups in total. The van der Waals surface area contributed by atoms with Gasteiger partial charge in [-0.05, 0) is 71.2 Å². The Morgan fingerprint density at radius 2 is 1.77 bits per heavy atom. The van der Waals surface area contributed by atoms with E-state index in [-0.39, 0.29) is 12.0 Å². The number of amides is 1. The number of carbonyl (C=O) groups is 1. The smallest absolute Gasteiger partial charge is 0.256 e. The maximum absolute atomic E-state index is 12.3. The van der Waals surface area contributed by atoms with Gasteiger partial charge < -0.3 is 14.8 Å². The Balaban J connectivity index is 2.93. The molecule has 1 aromatic carbocycles. The van der Waals surface area contributed by atoms with E-state index in [1.807, 2.05) is 32.9 Å². The van der Waals surface area contributed by atoms with Crippen LogP contribution >= 0.6 is 0 Å². The molecule has 0 aliphatic rings. The molecule has 1 rings (SSSR count). The van der Waals surface area contributed by atoms with Crippen molar-refractivity contribution in [3.05, 3.63) is 23.3 Å². The molecule has 22 heavy (non-hydrogen) atoms. The van der Waals surface area contributed by atoms with E-state index in [0.717, 1.165) is 29.0 Å². The van der Waals surface area contributed by atoms with Crippen molar-refractivity contribution >= 4 is 11.6 Å². The van der Waals surface area contributed by atoms with Crippen LogP contribution < -0.4 is 10.1 Å². The molecule has 0 aliphatic heterocycles. The van der Waals surface area contributed by atoms with Crippen LogP contribution in [0.1, 0.15) is 52.2 Å². The Morgan fingerprint density at radius 3 is 2.23 bits per heavy atom. The Hall–Kier alpha value is -1.55. The highest BCUT2D eigenvalue weighted by atomic mass is 16.5. The third-order valence-electron chi connectivity index (χ3n) is 3.66. The summed E-state index contributed by atoms with van der Waals surface area (Å²) in [6.07, 6.45) is 1.13. The molecule has 0 unspecified atom stereocenters. The minimum Gasteiger partial charge on any atom is -0.490 e. The predicted molar refractivity (Wildman–Crippen MR) is 90.6 cm³/mol. The molecule has 0 saturated carbocycles. The first-order valence-corrected chi connectivity index (χ1v) is 7.94. The van der Waals surface area contributed by atoms with Crippen molar-refractivity contribution in [3.8, 4) is 5.75 Å². The molecule has 1 amide bonds. The molecule has 0 heterocycles. The highest BCUT2D eigenvalue weighted by Gasteiger charge is 2.28. The molecule has 124 valence electrons. The molecular weight excluding hydrogens is 278 g/mol. The largest absolute Gasteiger partial charge is 0.490 e. The minimum atomic E-state index is -0.845. The Morgan fingerprint density at radius 1 is 1.23 bits per heavy atom. The first-order chi connectivity index (χ1) is 10.2. The van der Waals surface area contributed by atoms with Gasteiger partial charge in [0.15, 0.2) is 0 Å². The van der Waals surface area contributed by atoms with Gasteiger partial charge in [0.05, 0.1) is 6.10 Å². The zero-order valence-corrected chi connectivity index (χ0v) is 14.9. The molecule has 4 heteroatoms. The van der Waals surface area contributed by atoms with Crippen molar-refractivity contribution in [3.63, 3.8) is 0 Å². The number of hydrogen-bond donors (Lipinski definition) is 1. The fraction of sp³-hybridized carbons (Fsp3) is 0.611. The predicted octanol–water partition coefficient (Wildman–Crippen LogP) is 4.23. The van der Waals surface area contributed by atoms with E-state index < -0.39 is 5.60 Å². The van der Waals surface area contributed by atoms with Crippen molar-refractivity contribution in [2.24, 2.45) is 0 Å². The first-order valence-electron chi connectivity index (χ1n) is 7.94.